The van der Waals surface area contributed by atoms with E-state index < -0.39 is 30.2 Å². The predicted octanol–water partition coefficient (Wildman–Crippen LogP) is 3.92. The minimum absolute atomic E-state index is 0.0212. The first-order chi connectivity index (χ1) is 7.45. The molecule has 1 atom stereocenters. The highest BCUT2D eigenvalue weighted by Crippen LogP contribution is 2.47. The molecule has 0 aliphatic rings. The zero-order valence-electron chi connectivity index (χ0n) is 8.57. The summed E-state index contributed by atoms with van der Waals surface area (Å²) in [5.41, 5.74) is -5.43. The number of rotatable bonds is 4. The van der Waals surface area contributed by atoms with Crippen LogP contribution in [0.1, 0.15) is 6.92 Å². The zero-order valence-corrected chi connectivity index (χ0v) is 8.57. The van der Waals surface area contributed by atoms with E-state index >= 15 is 0 Å². The number of allylic oxidation sites excluding steroid dienone is 1. The molecule has 0 radical (unpaired) electrons. The lowest BCUT2D eigenvalue weighted by molar-refractivity contribution is -0.322. The van der Waals surface area contributed by atoms with E-state index in [1.807, 2.05) is 0 Å². The molecule has 0 aromatic carbocycles. The van der Waals surface area contributed by atoms with Crippen molar-refractivity contribution in [1.82, 2.24) is 0 Å². The van der Waals surface area contributed by atoms with Gasteiger partial charge in [-0.1, -0.05) is 12.7 Å². The molecule has 1 unspecified atom stereocenters. The molecule has 0 saturated heterocycles. The Labute approximate surface area is 92.6 Å². The van der Waals surface area contributed by atoms with E-state index in [0.29, 0.717) is 0 Å². The fourth-order valence-electron chi connectivity index (χ4n) is 0.662. The van der Waals surface area contributed by atoms with E-state index in [1.54, 1.807) is 0 Å². The van der Waals surface area contributed by atoms with Crippen molar-refractivity contribution in [3.63, 3.8) is 0 Å². The second-order valence-corrected chi connectivity index (χ2v) is 3.09. The van der Waals surface area contributed by atoms with Gasteiger partial charge < -0.3 is 4.74 Å². The molecule has 0 aromatic heterocycles. The van der Waals surface area contributed by atoms with Crippen LogP contribution in [0.15, 0.2) is 25.0 Å². The Morgan fingerprint density at radius 1 is 1.00 bits per heavy atom. The molecular formula is C9H9F7O. The van der Waals surface area contributed by atoms with E-state index in [1.165, 1.54) is 6.92 Å². The normalized spacial score (nSPS) is 16.0. The average molecular weight is 266 g/mol. The molecule has 0 saturated carbocycles. The first-order valence-corrected chi connectivity index (χ1v) is 4.24. The fourth-order valence-corrected chi connectivity index (χ4v) is 0.662. The van der Waals surface area contributed by atoms with Gasteiger partial charge in [-0.2, -0.15) is 26.3 Å². The third-order valence-electron chi connectivity index (χ3n) is 1.75. The van der Waals surface area contributed by atoms with Crippen LogP contribution in [-0.2, 0) is 4.74 Å². The summed E-state index contributed by atoms with van der Waals surface area (Å²) in [4.78, 5) is 0. The van der Waals surface area contributed by atoms with E-state index in [-0.39, 0.29) is 6.26 Å². The quantitative estimate of drug-likeness (QED) is 0.425. The second-order valence-electron chi connectivity index (χ2n) is 3.09. The van der Waals surface area contributed by atoms with Gasteiger partial charge in [-0.3, -0.25) is 0 Å². The number of hydrogen-bond donors (Lipinski definition) is 0. The standard InChI is InChI=1S/C9H9F7O/c1-3-6(2)17-5-4-7(10,8(11,12)13)9(14,15)16/h3-6H,1H2,2H3/b5-4+. The summed E-state index contributed by atoms with van der Waals surface area (Å²) in [6.07, 6.45) is -12.6. The minimum atomic E-state index is -6.11. The van der Waals surface area contributed by atoms with Crippen LogP contribution in [0.4, 0.5) is 30.7 Å². The predicted molar refractivity (Wildman–Crippen MR) is 45.8 cm³/mol. The van der Waals surface area contributed by atoms with E-state index in [4.69, 9.17) is 0 Å². The van der Waals surface area contributed by atoms with Gasteiger partial charge >= 0.3 is 18.0 Å². The molecule has 8 heteroatoms. The molecule has 0 fully saturated rings. The Morgan fingerprint density at radius 3 is 1.71 bits per heavy atom. The smallest absolute Gasteiger partial charge is 0.435 e. The van der Waals surface area contributed by atoms with Crippen molar-refractivity contribution in [2.24, 2.45) is 0 Å². The van der Waals surface area contributed by atoms with E-state index in [0.717, 1.165) is 6.08 Å². The molecule has 0 bridgehead atoms. The van der Waals surface area contributed by atoms with E-state index in [9.17, 15) is 30.7 Å². The Bertz CT molecular complexity index is 275. The van der Waals surface area contributed by atoms with Gasteiger partial charge in [-0.25, -0.2) is 4.39 Å². The van der Waals surface area contributed by atoms with Gasteiger partial charge in [0.05, 0.1) is 6.26 Å². The fraction of sp³-hybridized carbons (Fsp3) is 0.556. The van der Waals surface area contributed by atoms with Gasteiger partial charge in [-0.05, 0) is 6.92 Å². The summed E-state index contributed by atoms with van der Waals surface area (Å²) in [7, 11) is 0. The van der Waals surface area contributed by atoms with E-state index in [2.05, 4.69) is 11.3 Å². The highest BCUT2D eigenvalue weighted by molar-refractivity contribution is 5.09. The van der Waals surface area contributed by atoms with Crippen molar-refractivity contribution >= 4 is 0 Å². The monoisotopic (exact) mass is 266 g/mol. The van der Waals surface area contributed by atoms with Crippen LogP contribution in [0.5, 0.6) is 0 Å². The van der Waals surface area contributed by atoms with Crippen molar-refractivity contribution in [2.75, 3.05) is 0 Å². The Morgan fingerprint density at radius 2 is 1.41 bits per heavy atom. The number of ether oxygens (including phenoxy) is 1. The molecule has 17 heavy (non-hydrogen) atoms. The zero-order chi connectivity index (χ0) is 13.9. The maximum absolute atomic E-state index is 12.9. The molecule has 0 aliphatic heterocycles. The Kier molecular flexibility index (Phi) is 4.62. The Balaban J connectivity index is 5.05. The highest BCUT2D eigenvalue weighted by Gasteiger charge is 2.71. The number of halogens is 7. The molecule has 0 heterocycles. The topological polar surface area (TPSA) is 9.23 Å². The summed E-state index contributed by atoms with van der Waals surface area (Å²) in [6, 6.07) is 0. The van der Waals surface area contributed by atoms with Crippen molar-refractivity contribution < 1.29 is 35.5 Å². The highest BCUT2D eigenvalue weighted by atomic mass is 19.4. The molecule has 0 aliphatic carbocycles. The molecule has 100 valence electrons. The third kappa shape index (κ3) is 3.64. The molecule has 1 nitrogen and oxygen atoms in total. The molecule has 0 N–H and O–H groups in total. The molecule has 0 aromatic rings. The van der Waals surface area contributed by atoms with Gasteiger partial charge in [0.1, 0.15) is 6.10 Å². The van der Waals surface area contributed by atoms with Crippen LogP contribution in [0, 0.1) is 0 Å². The summed E-state index contributed by atoms with van der Waals surface area (Å²) in [5, 5.41) is 0. The third-order valence-corrected chi connectivity index (χ3v) is 1.75. The van der Waals surface area contributed by atoms with Crippen molar-refractivity contribution in [3.8, 4) is 0 Å². The van der Waals surface area contributed by atoms with Gasteiger partial charge in [0.25, 0.3) is 0 Å². The first kappa shape index (κ1) is 15.8. The first-order valence-electron chi connectivity index (χ1n) is 4.24. The maximum Gasteiger partial charge on any atom is 0.435 e. The minimum Gasteiger partial charge on any atom is -0.494 e. The largest absolute Gasteiger partial charge is 0.494 e. The van der Waals surface area contributed by atoms with Crippen LogP contribution in [0.2, 0.25) is 0 Å². The summed E-state index contributed by atoms with van der Waals surface area (Å²) < 4.78 is 89.2. The van der Waals surface area contributed by atoms with Gasteiger partial charge in [0, 0.05) is 6.08 Å². The molecule has 0 rings (SSSR count). The van der Waals surface area contributed by atoms with Crippen molar-refractivity contribution in [2.45, 2.75) is 31.0 Å². The summed E-state index contributed by atoms with van der Waals surface area (Å²) in [6.45, 7) is 4.48. The summed E-state index contributed by atoms with van der Waals surface area (Å²) in [5.74, 6) is 0. The molecular weight excluding hydrogens is 257 g/mol. The van der Waals surface area contributed by atoms with Crippen LogP contribution in [0.3, 0.4) is 0 Å². The SMILES string of the molecule is C=CC(C)O/C=C/C(F)(C(F)(F)F)C(F)(F)F. The van der Waals surface area contributed by atoms with Crippen LogP contribution >= 0.6 is 0 Å². The van der Waals surface area contributed by atoms with Crippen LogP contribution in [-0.4, -0.2) is 24.1 Å². The molecule has 0 spiro atoms. The van der Waals surface area contributed by atoms with Gasteiger partial charge in [-0.15, -0.1) is 0 Å². The maximum atomic E-state index is 12.9. The lowest BCUT2D eigenvalue weighted by atomic mass is 10.1. The number of alkyl halides is 7. The second kappa shape index (κ2) is 4.97. The Hall–Kier alpha value is -1.21. The molecule has 0 amide bonds. The lowest BCUT2D eigenvalue weighted by Crippen LogP contribution is -2.51. The number of hydrogen-bond acceptors (Lipinski definition) is 1. The summed E-state index contributed by atoms with van der Waals surface area (Å²) >= 11 is 0. The van der Waals surface area contributed by atoms with Gasteiger partial charge in [0.15, 0.2) is 0 Å². The lowest BCUT2D eigenvalue weighted by Gasteiger charge is -2.26. The van der Waals surface area contributed by atoms with Crippen molar-refractivity contribution in [1.29, 1.82) is 0 Å². The van der Waals surface area contributed by atoms with Gasteiger partial charge in [0.2, 0.25) is 0 Å². The van der Waals surface area contributed by atoms with Crippen LogP contribution in [0.25, 0.3) is 0 Å². The van der Waals surface area contributed by atoms with Crippen molar-refractivity contribution in [3.05, 3.63) is 25.0 Å². The average Bonchev–Trinajstić information content (AvgIpc) is 2.13. The van der Waals surface area contributed by atoms with Crippen LogP contribution < -0.4 is 0 Å².